The van der Waals surface area contributed by atoms with Crippen LogP contribution in [-0.4, -0.2) is 23.6 Å². The summed E-state index contributed by atoms with van der Waals surface area (Å²) in [7, 11) is 3.62. The minimum atomic E-state index is -0.142. The van der Waals surface area contributed by atoms with Gasteiger partial charge >= 0.3 is 0 Å². The van der Waals surface area contributed by atoms with Gasteiger partial charge in [0.2, 0.25) is 0 Å². The van der Waals surface area contributed by atoms with Gasteiger partial charge < -0.3 is 16.4 Å². The number of pyridine rings is 2. The number of fused-ring (bicyclic) bond motifs is 1. The van der Waals surface area contributed by atoms with Gasteiger partial charge in [-0.15, -0.1) is 0 Å². The Hall–Kier alpha value is -3.02. The van der Waals surface area contributed by atoms with E-state index in [0.717, 1.165) is 16.8 Å². The molecule has 0 bridgehead atoms. The van der Waals surface area contributed by atoms with Gasteiger partial charge in [-0.3, -0.25) is 9.36 Å². The van der Waals surface area contributed by atoms with Gasteiger partial charge in [0.25, 0.3) is 5.56 Å². The van der Waals surface area contributed by atoms with Crippen molar-refractivity contribution in [1.82, 2.24) is 9.55 Å². The molecule has 3 aromatic rings. The summed E-state index contributed by atoms with van der Waals surface area (Å²) >= 11 is 0. The zero-order chi connectivity index (χ0) is 15.7. The Labute approximate surface area is 127 Å². The first-order valence-corrected chi connectivity index (χ1v) is 6.91. The van der Waals surface area contributed by atoms with Crippen molar-refractivity contribution in [3.8, 4) is 5.82 Å². The van der Waals surface area contributed by atoms with Gasteiger partial charge in [-0.05, 0) is 35.7 Å². The van der Waals surface area contributed by atoms with E-state index in [1.165, 1.54) is 4.57 Å². The molecule has 6 nitrogen and oxygen atoms in total. The van der Waals surface area contributed by atoms with Crippen LogP contribution in [0.1, 0.15) is 0 Å². The van der Waals surface area contributed by atoms with Gasteiger partial charge in [0.05, 0.1) is 23.3 Å². The molecule has 6 heteroatoms. The summed E-state index contributed by atoms with van der Waals surface area (Å²) in [5.41, 5.74) is 8.06. The van der Waals surface area contributed by atoms with Crippen molar-refractivity contribution in [3.63, 3.8) is 0 Å². The van der Waals surface area contributed by atoms with Crippen LogP contribution in [0.2, 0.25) is 0 Å². The highest BCUT2D eigenvalue weighted by atomic mass is 16.1. The van der Waals surface area contributed by atoms with E-state index in [1.54, 1.807) is 31.6 Å². The average molecular weight is 295 g/mol. The molecule has 0 aliphatic rings. The summed E-state index contributed by atoms with van der Waals surface area (Å²) in [6.45, 7) is 0. The minimum absolute atomic E-state index is 0.142. The van der Waals surface area contributed by atoms with E-state index in [1.807, 2.05) is 25.2 Å². The first-order valence-electron chi connectivity index (χ1n) is 6.91. The van der Waals surface area contributed by atoms with E-state index in [4.69, 9.17) is 5.73 Å². The maximum Gasteiger partial charge on any atom is 0.264 e. The highest BCUT2D eigenvalue weighted by Gasteiger charge is 2.08. The number of nitrogens with two attached hydrogens (primary N) is 1. The summed E-state index contributed by atoms with van der Waals surface area (Å²) in [5.74, 6) is 0.571. The SMILES string of the molecule is CNc1ccc(-n2ccc3cc(NC)c(N)cc3c2=O)nc1. The third kappa shape index (κ3) is 2.24. The number of hydrogen-bond acceptors (Lipinski definition) is 5. The maximum absolute atomic E-state index is 12.7. The Balaban J connectivity index is 2.19. The second-order valence-corrected chi connectivity index (χ2v) is 4.92. The number of anilines is 3. The van der Waals surface area contributed by atoms with E-state index in [9.17, 15) is 4.79 Å². The Kier molecular flexibility index (Phi) is 3.42. The molecule has 2 heterocycles. The summed E-state index contributed by atoms with van der Waals surface area (Å²) in [6, 6.07) is 9.11. The number of rotatable bonds is 3. The van der Waals surface area contributed by atoms with E-state index in [2.05, 4.69) is 15.6 Å². The van der Waals surface area contributed by atoms with Gasteiger partial charge in [0, 0.05) is 25.7 Å². The Morgan fingerprint density at radius 1 is 1.14 bits per heavy atom. The molecule has 1 aromatic carbocycles. The van der Waals surface area contributed by atoms with Crippen LogP contribution in [0.3, 0.4) is 0 Å². The molecule has 2 aromatic heterocycles. The van der Waals surface area contributed by atoms with Gasteiger partial charge in [-0.1, -0.05) is 0 Å². The lowest BCUT2D eigenvalue weighted by atomic mass is 10.1. The molecule has 0 unspecified atom stereocenters. The summed E-state index contributed by atoms with van der Waals surface area (Å²) < 4.78 is 1.51. The van der Waals surface area contributed by atoms with Crippen molar-refractivity contribution in [2.45, 2.75) is 0 Å². The highest BCUT2D eigenvalue weighted by Crippen LogP contribution is 2.24. The minimum Gasteiger partial charge on any atom is -0.397 e. The van der Waals surface area contributed by atoms with Gasteiger partial charge in [0.1, 0.15) is 5.82 Å². The predicted molar refractivity (Wildman–Crippen MR) is 90.8 cm³/mol. The number of nitrogens with zero attached hydrogens (tertiary/aromatic N) is 2. The second-order valence-electron chi connectivity index (χ2n) is 4.92. The lowest BCUT2D eigenvalue weighted by Gasteiger charge is -2.10. The largest absolute Gasteiger partial charge is 0.397 e. The fourth-order valence-corrected chi connectivity index (χ4v) is 2.38. The molecule has 0 spiro atoms. The first kappa shape index (κ1) is 13.9. The number of nitrogens with one attached hydrogen (secondary N) is 2. The van der Waals surface area contributed by atoms with E-state index in [0.29, 0.717) is 16.9 Å². The molecule has 0 radical (unpaired) electrons. The van der Waals surface area contributed by atoms with Crippen molar-refractivity contribution in [2.24, 2.45) is 0 Å². The molecule has 0 fully saturated rings. The molecule has 0 saturated heterocycles. The van der Waals surface area contributed by atoms with E-state index < -0.39 is 0 Å². The van der Waals surface area contributed by atoms with Gasteiger partial charge in [-0.25, -0.2) is 4.98 Å². The lowest BCUT2D eigenvalue weighted by Crippen LogP contribution is -2.19. The fourth-order valence-electron chi connectivity index (χ4n) is 2.38. The van der Waals surface area contributed by atoms with Crippen molar-refractivity contribution < 1.29 is 0 Å². The zero-order valence-corrected chi connectivity index (χ0v) is 12.4. The maximum atomic E-state index is 12.7. The molecule has 22 heavy (non-hydrogen) atoms. The van der Waals surface area contributed by atoms with Crippen LogP contribution in [-0.2, 0) is 0 Å². The number of aromatic nitrogens is 2. The van der Waals surface area contributed by atoms with Gasteiger partial charge in [0.15, 0.2) is 0 Å². The Bertz CT molecular complexity index is 883. The topological polar surface area (TPSA) is 85.0 Å². The molecular weight excluding hydrogens is 278 g/mol. The molecule has 0 atom stereocenters. The van der Waals surface area contributed by atoms with Crippen molar-refractivity contribution in [1.29, 1.82) is 0 Å². The highest BCUT2D eigenvalue weighted by molar-refractivity contribution is 5.90. The van der Waals surface area contributed by atoms with Crippen LogP contribution >= 0.6 is 0 Å². The number of nitrogen functional groups attached to an aromatic ring is 1. The van der Waals surface area contributed by atoms with Crippen LogP contribution in [0.5, 0.6) is 0 Å². The summed E-state index contributed by atoms with van der Waals surface area (Å²) in [4.78, 5) is 17.0. The average Bonchev–Trinajstić information content (AvgIpc) is 2.55. The first-order chi connectivity index (χ1) is 10.6. The normalized spacial score (nSPS) is 10.6. The summed E-state index contributed by atoms with van der Waals surface area (Å²) in [6.07, 6.45) is 3.41. The fraction of sp³-hybridized carbons (Fsp3) is 0.125. The van der Waals surface area contributed by atoms with E-state index >= 15 is 0 Å². The lowest BCUT2D eigenvalue weighted by molar-refractivity contribution is 0.955. The van der Waals surface area contributed by atoms with Crippen LogP contribution in [0.25, 0.3) is 16.6 Å². The van der Waals surface area contributed by atoms with Crippen molar-refractivity contribution in [2.75, 3.05) is 30.5 Å². The third-order valence-corrected chi connectivity index (χ3v) is 3.63. The van der Waals surface area contributed by atoms with Crippen LogP contribution in [0.15, 0.2) is 47.5 Å². The van der Waals surface area contributed by atoms with Crippen LogP contribution in [0.4, 0.5) is 17.1 Å². The van der Waals surface area contributed by atoms with Gasteiger partial charge in [-0.2, -0.15) is 0 Å². The Morgan fingerprint density at radius 2 is 1.95 bits per heavy atom. The molecule has 112 valence electrons. The molecule has 0 saturated carbocycles. The molecule has 3 rings (SSSR count). The molecule has 4 N–H and O–H groups in total. The van der Waals surface area contributed by atoms with Crippen molar-refractivity contribution >= 4 is 27.8 Å². The summed E-state index contributed by atoms with van der Waals surface area (Å²) in [5, 5.41) is 7.42. The monoisotopic (exact) mass is 295 g/mol. The third-order valence-electron chi connectivity index (χ3n) is 3.63. The van der Waals surface area contributed by atoms with Crippen LogP contribution in [0, 0.1) is 0 Å². The molecular formula is C16H17N5O. The molecule has 0 aliphatic carbocycles. The molecule has 0 amide bonds. The standard InChI is InChI=1S/C16H17N5O/c1-18-11-3-4-15(20-9-11)21-6-5-10-7-14(19-2)13(17)8-12(10)16(21)22/h3-9,18-19H,17H2,1-2H3. The Morgan fingerprint density at radius 3 is 2.59 bits per heavy atom. The number of benzene rings is 1. The number of hydrogen-bond donors (Lipinski definition) is 3. The van der Waals surface area contributed by atoms with Crippen LogP contribution < -0.4 is 21.9 Å². The molecule has 0 aliphatic heterocycles. The smallest absolute Gasteiger partial charge is 0.264 e. The van der Waals surface area contributed by atoms with E-state index in [-0.39, 0.29) is 5.56 Å². The van der Waals surface area contributed by atoms with Crippen molar-refractivity contribution in [3.05, 3.63) is 53.1 Å². The predicted octanol–water partition coefficient (Wildman–Crippen LogP) is 2.05. The second kappa shape index (κ2) is 5.40. The zero-order valence-electron chi connectivity index (χ0n) is 12.4. The quantitative estimate of drug-likeness (QED) is 0.644.